The molecule has 0 aliphatic heterocycles. The molecule has 2 aromatic heterocycles. The summed E-state index contributed by atoms with van der Waals surface area (Å²) in [7, 11) is 1.89. The third-order valence-electron chi connectivity index (χ3n) is 7.02. The summed E-state index contributed by atoms with van der Waals surface area (Å²) < 4.78 is 42.2. The molecule has 9 heteroatoms. The maximum absolute atomic E-state index is 13.4. The van der Waals surface area contributed by atoms with Gasteiger partial charge in [-0.2, -0.15) is 13.2 Å². The smallest absolute Gasteiger partial charge is 0.382 e. The summed E-state index contributed by atoms with van der Waals surface area (Å²) in [5.41, 5.74) is 2.41. The number of nitrogens with zero attached hydrogens (tertiary/aromatic N) is 2. The summed E-state index contributed by atoms with van der Waals surface area (Å²) in [5, 5.41) is 8.47. The number of carbonyl (C=O) groups is 1. The highest BCUT2D eigenvalue weighted by Gasteiger charge is 2.34. The molecule has 5 rings (SSSR count). The Morgan fingerprint density at radius 2 is 1.75 bits per heavy atom. The number of alkyl halides is 3. The topological polar surface area (TPSA) is 59.0 Å². The van der Waals surface area contributed by atoms with E-state index in [1.807, 2.05) is 42.8 Å². The average Bonchev–Trinajstić information content (AvgIpc) is 3.18. The zero-order valence-corrected chi connectivity index (χ0v) is 20.7. The third kappa shape index (κ3) is 4.74. The molecule has 5 nitrogen and oxygen atoms in total. The Bertz CT molecular complexity index is 1460. The van der Waals surface area contributed by atoms with Crippen LogP contribution in [0.5, 0.6) is 0 Å². The van der Waals surface area contributed by atoms with E-state index in [0.29, 0.717) is 34.6 Å². The molecule has 36 heavy (non-hydrogen) atoms. The minimum atomic E-state index is -4.55. The van der Waals surface area contributed by atoms with Crippen LogP contribution in [0.1, 0.15) is 47.4 Å². The number of halogens is 4. The van der Waals surface area contributed by atoms with Gasteiger partial charge in [-0.3, -0.25) is 4.79 Å². The predicted molar refractivity (Wildman–Crippen MR) is 137 cm³/mol. The van der Waals surface area contributed by atoms with Crippen molar-refractivity contribution in [2.75, 3.05) is 5.32 Å². The van der Waals surface area contributed by atoms with Gasteiger partial charge in [-0.25, -0.2) is 4.98 Å². The Balaban J connectivity index is 1.28. The van der Waals surface area contributed by atoms with Gasteiger partial charge in [0.15, 0.2) is 0 Å². The molecule has 0 saturated heterocycles. The largest absolute Gasteiger partial charge is 0.433 e. The van der Waals surface area contributed by atoms with Crippen molar-refractivity contribution < 1.29 is 18.0 Å². The van der Waals surface area contributed by atoms with E-state index in [-0.39, 0.29) is 23.5 Å². The highest BCUT2D eigenvalue weighted by Crippen LogP contribution is 2.35. The second kappa shape index (κ2) is 9.32. The number of amides is 1. The van der Waals surface area contributed by atoms with Crippen LogP contribution in [0, 0.1) is 6.92 Å². The summed E-state index contributed by atoms with van der Waals surface area (Å²) in [4.78, 5) is 16.8. The summed E-state index contributed by atoms with van der Waals surface area (Å²) in [5.74, 6) is -0.117. The highest BCUT2D eigenvalue weighted by atomic mass is 35.5. The lowest BCUT2D eigenvalue weighted by atomic mass is 9.90. The fourth-order valence-corrected chi connectivity index (χ4v) is 5.22. The first-order valence-corrected chi connectivity index (χ1v) is 12.3. The van der Waals surface area contributed by atoms with Crippen molar-refractivity contribution in [1.29, 1.82) is 0 Å². The summed E-state index contributed by atoms with van der Waals surface area (Å²) in [6.07, 6.45) is -1.67. The quantitative estimate of drug-likeness (QED) is 0.313. The van der Waals surface area contributed by atoms with Crippen LogP contribution in [0.2, 0.25) is 5.02 Å². The second-order valence-corrected chi connectivity index (χ2v) is 9.91. The summed E-state index contributed by atoms with van der Waals surface area (Å²) in [6.45, 7) is 2.02. The highest BCUT2D eigenvalue weighted by molar-refractivity contribution is 6.31. The molecule has 4 aromatic rings. The van der Waals surface area contributed by atoms with Crippen LogP contribution >= 0.6 is 11.6 Å². The molecule has 2 aromatic carbocycles. The monoisotopic (exact) mass is 514 g/mol. The van der Waals surface area contributed by atoms with E-state index in [0.717, 1.165) is 35.4 Å². The van der Waals surface area contributed by atoms with Crippen LogP contribution in [0.15, 0.2) is 48.5 Å². The van der Waals surface area contributed by atoms with E-state index in [1.54, 1.807) is 6.07 Å². The van der Waals surface area contributed by atoms with Crippen LogP contribution in [0.4, 0.5) is 18.9 Å². The second-order valence-electron chi connectivity index (χ2n) is 9.48. The third-order valence-corrected chi connectivity index (χ3v) is 7.26. The lowest BCUT2D eigenvalue weighted by Gasteiger charge is -2.30. The van der Waals surface area contributed by atoms with E-state index < -0.39 is 11.9 Å². The lowest BCUT2D eigenvalue weighted by Crippen LogP contribution is -2.40. The molecule has 2 heterocycles. The van der Waals surface area contributed by atoms with Gasteiger partial charge in [0.2, 0.25) is 0 Å². The molecule has 188 valence electrons. The van der Waals surface area contributed by atoms with Gasteiger partial charge in [-0.1, -0.05) is 23.7 Å². The van der Waals surface area contributed by atoms with Crippen molar-refractivity contribution in [3.8, 4) is 0 Å². The van der Waals surface area contributed by atoms with Crippen LogP contribution < -0.4 is 10.6 Å². The van der Waals surface area contributed by atoms with Gasteiger partial charge in [-0.15, -0.1) is 0 Å². The van der Waals surface area contributed by atoms with Crippen LogP contribution in [-0.2, 0) is 13.2 Å². The molecule has 0 atom stereocenters. The standard InChI is InChI=1S/C27H26ClF3N4O/c1-15-4-3-5-23-19(15)13-24(35(23)2)26(36)33-18-9-7-17(8-10-18)32-22-14-25(27(29,30)31)34-21-11-6-16(28)12-20(21)22/h3-6,11-14,17-18H,7-10H2,1-2H3,(H,32,34)(H,33,36)/t17-,18+. The number of nitrogens with one attached hydrogen (secondary N) is 2. The normalized spacial score (nSPS) is 18.5. The zero-order valence-electron chi connectivity index (χ0n) is 19.9. The number of benzene rings is 2. The number of aryl methyl sites for hydroxylation is 2. The van der Waals surface area contributed by atoms with Crippen LogP contribution in [-0.4, -0.2) is 27.5 Å². The van der Waals surface area contributed by atoms with Crippen molar-refractivity contribution >= 4 is 45.0 Å². The first-order chi connectivity index (χ1) is 17.1. The lowest BCUT2D eigenvalue weighted by molar-refractivity contribution is -0.140. The molecule has 1 aliphatic rings. The molecule has 2 N–H and O–H groups in total. The van der Waals surface area contributed by atoms with Gasteiger partial charge in [0.25, 0.3) is 5.91 Å². The fourth-order valence-electron chi connectivity index (χ4n) is 5.05. The Morgan fingerprint density at radius 3 is 2.44 bits per heavy atom. The maximum Gasteiger partial charge on any atom is 0.433 e. The van der Waals surface area contributed by atoms with Crippen molar-refractivity contribution in [3.05, 3.63) is 70.5 Å². The first kappa shape index (κ1) is 24.4. The molecule has 1 fully saturated rings. The molecule has 1 saturated carbocycles. The van der Waals surface area contributed by atoms with E-state index in [4.69, 9.17) is 11.6 Å². The number of fused-ring (bicyclic) bond motifs is 2. The summed E-state index contributed by atoms with van der Waals surface area (Å²) in [6, 6.07) is 13.6. The van der Waals surface area contributed by atoms with Gasteiger partial charge < -0.3 is 15.2 Å². The fraction of sp³-hybridized carbons (Fsp3) is 0.333. The minimum Gasteiger partial charge on any atom is -0.382 e. The van der Waals surface area contributed by atoms with Gasteiger partial charge in [-0.05, 0) is 74.6 Å². The maximum atomic E-state index is 13.4. The van der Waals surface area contributed by atoms with Crippen molar-refractivity contribution in [2.45, 2.75) is 50.9 Å². The molecular weight excluding hydrogens is 489 g/mol. The van der Waals surface area contributed by atoms with Gasteiger partial charge in [0.1, 0.15) is 11.4 Å². The molecule has 0 spiro atoms. The van der Waals surface area contributed by atoms with Gasteiger partial charge >= 0.3 is 6.18 Å². The van der Waals surface area contributed by atoms with Crippen molar-refractivity contribution in [2.24, 2.45) is 7.05 Å². The molecule has 0 radical (unpaired) electrons. The number of hydrogen-bond donors (Lipinski definition) is 2. The Labute approximate surface area is 211 Å². The zero-order chi connectivity index (χ0) is 25.6. The Kier molecular flexibility index (Phi) is 6.32. The van der Waals surface area contributed by atoms with E-state index in [9.17, 15) is 18.0 Å². The van der Waals surface area contributed by atoms with E-state index >= 15 is 0 Å². The number of hydrogen-bond acceptors (Lipinski definition) is 3. The SMILES string of the molecule is Cc1cccc2c1cc(C(=O)N[C@H]1CC[C@@H](Nc3cc(C(F)(F)F)nc4ccc(Cl)cc34)CC1)n2C. The van der Waals surface area contributed by atoms with Crippen LogP contribution in [0.3, 0.4) is 0 Å². The average molecular weight is 515 g/mol. The minimum absolute atomic E-state index is 0.00373. The van der Waals surface area contributed by atoms with E-state index in [1.165, 1.54) is 12.1 Å². The summed E-state index contributed by atoms with van der Waals surface area (Å²) >= 11 is 6.11. The Morgan fingerprint density at radius 1 is 1.03 bits per heavy atom. The number of carbonyl (C=O) groups excluding carboxylic acids is 1. The molecule has 0 bridgehead atoms. The van der Waals surface area contributed by atoms with Crippen molar-refractivity contribution in [3.63, 3.8) is 0 Å². The van der Waals surface area contributed by atoms with Crippen LogP contribution in [0.25, 0.3) is 21.8 Å². The molecular formula is C27H26ClF3N4O. The number of aromatic nitrogens is 2. The Hall–Kier alpha value is -3.26. The first-order valence-electron chi connectivity index (χ1n) is 11.9. The number of pyridine rings is 1. The number of anilines is 1. The van der Waals surface area contributed by atoms with Gasteiger partial charge in [0, 0.05) is 46.1 Å². The molecule has 1 amide bonds. The number of rotatable bonds is 4. The van der Waals surface area contributed by atoms with E-state index in [2.05, 4.69) is 15.6 Å². The van der Waals surface area contributed by atoms with Crippen molar-refractivity contribution in [1.82, 2.24) is 14.9 Å². The predicted octanol–water partition coefficient (Wildman–Crippen LogP) is 6.86. The van der Waals surface area contributed by atoms with Gasteiger partial charge in [0.05, 0.1) is 5.52 Å². The molecule has 0 unspecified atom stereocenters. The molecule has 1 aliphatic carbocycles.